The number of carbonyl (C=O) groups is 2. The van der Waals surface area contributed by atoms with Gasteiger partial charge in [-0.05, 0) is 30.3 Å². The summed E-state index contributed by atoms with van der Waals surface area (Å²) in [4.78, 5) is 23.5. The Morgan fingerprint density at radius 2 is 2.05 bits per heavy atom. The second-order valence-corrected chi connectivity index (χ2v) is 5.10. The molecule has 21 heavy (non-hydrogen) atoms. The van der Waals surface area contributed by atoms with Crippen LogP contribution in [0.1, 0.15) is 10.5 Å². The number of anilines is 1. The van der Waals surface area contributed by atoms with Crippen molar-refractivity contribution >= 4 is 40.8 Å². The van der Waals surface area contributed by atoms with Gasteiger partial charge in [-0.15, -0.1) is 0 Å². The van der Waals surface area contributed by atoms with Crippen molar-refractivity contribution in [2.24, 2.45) is 7.05 Å². The molecule has 0 spiro atoms. The largest absolute Gasteiger partial charge is 0.451 e. The Bertz CT molecular complexity index is 683. The summed E-state index contributed by atoms with van der Waals surface area (Å²) in [5.74, 6) is -1.07. The Kier molecular flexibility index (Phi) is 4.88. The van der Waals surface area contributed by atoms with Gasteiger partial charge in [-0.3, -0.25) is 4.79 Å². The van der Waals surface area contributed by atoms with Crippen molar-refractivity contribution in [3.63, 3.8) is 0 Å². The van der Waals surface area contributed by atoms with E-state index in [0.717, 1.165) is 0 Å². The molecule has 0 aliphatic rings. The SMILES string of the molecule is Cn1cccc1C(=O)OCC(=O)Nc1cc(Cl)ccc1Cl. The fourth-order valence-corrected chi connectivity index (χ4v) is 1.99. The summed E-state index contributed by atoms with van der Waals surface area (Å²) in [6.45, 7) is -0.410. The van der Waals surface area contributed by atoms with Crippen LogP contribution in [0.15, 0.2) is 36.5 Å². The highest BCUT2D eigenvalue weighted by molar-refractivity contribution is 6.35. The molecule has 0 aliphatic heterocycles. The van der Waals surface area contributed by atoms with Gasteiger partial charge >= 0.3 is 5.97 Å². The number of amides is 1. The second kappa shape index (κ2) is 6.65. The summed E-state index contributed by atoms with van der Waals surface area (Å²) in [6.07, 6.45) is 1.71. The van der Waals surface area contributed by atoms with Gasteiger partial charge < -0.3 is 14.6 Å². The van der Waals surface area contributed by atoms with E-state index in [9.17, 15) is 9.59 Å². The highest BCUT2D eigenvalue weighted by Crippen LogP contribution is 2.25. The van der Waals surface area contributed by atoms with E-state index in [1.165, 1.54) is 6.07 Å². The Labute approximate surface area is 131 Å². The maximum absolute atomic E-state index is 11.7. The van der Waals surface area contributed by atoms with Crippen LogP contribution in [0.2, 0.25) is 10.0 Å². The summed E-state index contributed by atoms with van der Waals surface area (Å²) in [5.41, 5.74) is 0.729. The van der Waals surface area contributed by atoms with Crippen molar-refractivity contribution in [2.75, 3.05) is 11.9 Å². The Morgan fingerprint density at radius 1 is 1.29 bits per heavy atom. The van der Waals surface area contributed by atoms with Gasteiger partial charge in [-0.1, -0.05) is 23.2 Å². The monoisotopic (exact) mass is 326 g/mol. The zero-order valence-electron chi connectivity index (χ0n) is 11.1. The van der Waals surface area contributed by atoms with Gasteiger partial charge in [0.15, 0.2) is 6.61 Å². The topological polar surface area (TPSA) is 60.3 Å². The zero-order chi connectivity index (χ0) is 15.4. The van der Waals surface area contributed by atoms with E-state index < -0.39 is 18.5 Å². The van der Waals surface area contributed by atoms with Crippen molar-refractivity contribution in [1.29, 1.82) is 0 Å². The molecular weight excluding hydrogens is 315 g/mol. The van der Waals surface area contributed by atoms with Gasteiger partial charge in [0.05, 0.1) is 10.7 Å². The number of nitrogens with zero attached hydrogens (tertiary/aromatic N) is 1. The van der Waals surface area contributed by atoms with E-state index in [-0.39, 0.29) is 0 Å². The predicted molar refractivity (Wildman–Crippen MR) is 80.8 cm³/mol. The van der Waals surface area contributed by atoms with Gasteiger partial charge in [0.25, 0.3) is 5.91 Å². The minimum Gasteiger partial charge on any atom is -0.451 e. The molecule has 1 aromatic carbocycles. The Balaban J connectivity index is 1.92. The summed E-state index contributed by atoms with van der Waals surface area (Å²) >= 11 is 11.7. The van der Waals surface area contributed by atoms with E-state index in [4.69, 9.17) is 27.9 Å². The number of rotatable bonds is 4. The van der Waals surface area contributed by atoms with Gasteiger partial charge in [0.1, 0.15) is 5.69 Å². The number of hydrogen-bond acceptors (Lipinski definition) is 3. The summed E-state index contributed by atoms with van der Waals surface area (Å²) in [6, 6.07) is 8.00. The van der Waals surface area contributed by atoms with Crippen LogP contribution in [0, 0.1) is 0 Å². The van der Waals surface area contributed by atoms with Crippen LogP contribution in [0.4, 0.5) is 5.69 Å². The fraction of sp³-hybridized carbons (Fsp3) is 0.143. The number of ether oxygens (including phenoxy) is 1. The van der Waals surface area contributed by atoms with Crippen LogP contribution >= 0.6 is 23.2 Å². The molecule has 110 valence electrons. The summed E-state index contributed by atoms with van der Waals surface area (Å²) < 4.78 is 6.53. The molecule has 5 nitrogen and oxygen atoms in total. The molecule has 0 unspecified atom stereocenters. The van der Waals surface area contributed by atoms with Crippen molar-refractivity contribution < 1.29 is 14.3 Å². The molecule has 2 aromatic rings. The average Bonchev–Trinajstić information content (AvgIpc) is 2.86. The number of aromatic nitrogens is 1. The Morgan fingerprint density at radius 3 is 2.71 bits per heavy atom. The van der Waals surface area contributed by atoms with E-state index in [1.54, 1.807) is 42.1 Å². The van der Waals surface area contributed by atoms with Gasteiger partial charge in [-0.25, -0.2) is 4.79 Å². The Hall–Kier alpha value is -1.98. The van der Waals surface area contributed by atoms with Crippen molar-refractivity contribution in [2.45, 2.75) is 0 Å². The predicted octanol–water partition coefficient (Wildman–Crippen LogP) is 3.13. The quantitative estimate of drug-likeness (QED) is 0.878. The molecule has 0 atom stereocenters. The number of esters is 1. The molecule has 1 heterocycles. The molecule has 0 aliphatic carbocycles. The zero-order valence-corrected chi connectivity index (χ0v) is 12.6. The number of nitrogens with one attached hydrogen (secondary N) is 1. The van der Waals surface area contributed by atoms with Crippen LogP contribution in [-0.4, -0.2) is 23.1 Å². The van der Waals surface area contributed by atoms with Crippen molar-refractivity contribution in [1.82, 2.24) is 4.57 Å². The first-order chi connectivity index (χ1) is 9.97. The highest BCUT2D eigenvalue weighted by Gasteiger charge is 2.13. The molecule has 0 saturated heterocycles. The second-order valence-electron chi connectivity index (χ2n) is 4.25. The minimum absolute atomic E-state index is 0.349. The highest BCUT2D eigenvalue weighted by atomic mass is 35.5. The molecule has 0 fully saturated rings. The molecule has 0 saturated carbocycles. The van der Waals surface area contributed by atoms with E-state index in [0.29, 0.717) is 21.4 Å². The molecule has 7 heteroatoms. The summed E-state index contributed by atoms with van der Waals surface area (Å²) in [5, 5.41) is 3.32. The first kappa shape index (κ1) is 15.4. The molecular formula is C14H12Cl2N2O3. The lowest BCUT2D eigenvalue weighted by atomic mass is 10.3. The van der Waals surface area contributed by atoms with Crippen LogP contribution in [0.3, 0.4) is 0 Å². The lowest BCUT2D eigenvalue weighted by Crippen LogP contribution is -2.21. The van der Waals surface area contributed by atoms with Gasteiger partial charge in [0.2, 0.25) is 0 Å². The maximum Gasteiger partial charge on any atom is 0.355 e. The van der Waals surface area contributed by atoms with Crippen LogP contribution in [-0.2, 0) is 16.6 Å². The van der Waals surface area contributed by atoms with E-state index in [2.05, 4.69) is 5.32 Å². The lowest BCUT2D eigenvalue weighted by molar-refractivity contribution is -0.119. The minimum atomic E-state index is -0.574. The first-order valence-electron chi connectivity index (χ1n) is 6.00. The molecule has 2 rings (SSSR count). The number of carbonyl (C=O) groups excluding carboxylic acids is 2. The third-order valence-electron chi connectivity index (χ3n) is 2.69. The third kappa shape index (κ3) is 4.00. The number of hydrogen-bond donors (Lipinski definition) is 1. The summed E-state index contributed by atoms with van der Waals surface area (Å²) in [7, 11) is 1.71. The number of benzene rings is 1. The van der Waals surface area contributed by atoms with Gasteiger partial charge in [0, 0.05) is 18.3 Å². The molecule has 0 radical (unpaired) electrons. The standard InChI is InChI=1S/C14H12Cl2N2O3/c1-18-6-2-3-12(18)14(20)21-8-13(19)17-11-7-9(15)4-5-10(11)16/h2-7H,8H2,1H3,(H,17,19). The molecule has 1 aromatic heterocycles. The average molecular weight is 327 g/mol. The van der Waals surface area contributed by atoms with E-state index in [1.807, 2.05) is 0 Å². The van der Waals surface area contributed by atoms with Crippen LogP contribution in [0.25, 0.3) is 0 Å². The fourth-order valence-electron chi connectivity index (χ4n) is 1.66. The lowest BCUT2D eigenvalue weighted by Gasteiger charge is -2.08. The molecule has 0 bridgehead atoms. The van der Waals surface area contributed by atoms with Crippen molar-refractivity contribution in [3.05, 3.63) is 52.3 Å². The maximum atomic E-state index is 11.7. The molecule has 1 amide bonds. The number of halogens is 2. The third-order valence-corrected chi connectivity index (χ3v) is 3.25. The van der Waals surface area contributed by atoms with Crippen LogP contribution in [0.5, 0.6) is 0 Å². The number of aryl methyl sites for hydroxylation is 1. The molecule has 1 N–H and O–H groups in total. The van der Waals surface area contributed by atoms with Crippen molar-refractivity contribution in [3.8, 4) is 0 Å². The van der Waals surface area contributed by atoms with E-state index >= 15 is 0 Å². The van der Waals surface area contributed by atoms with Crippen LogP contribution < -0.4 is 5.32 Å². The van der Waals surface area contributed by atoms with Gasteiger partial charge in [-0.2, -0.15) is 0 Å². The first-order valence-corrected chi connectivity index (χ1v) is 6.76. The normalized spacial score (nSPS) is 10.2. The smallest absolute Gasteiger partial charge is 0.355 e.